The Morgan fingerprint density at radius 3 is 2.32 bits per heavy atom. The van der Waals surface area contributed by atoms with E-state index in [9.17, 15) is 0 Å². The number of rotatable bonds is 4. The van der Waals surface area contributed by atoms with Gasteiger partial charge >= 0.3 is 0 Å². The highest BCUT2D eigenvalue weighted by Crippen LogP contribution is 2.46. The fraction of sp³-hybridized carbons (Fsp3) is 1.00. The van der Waals surface area contributed by atoms with Gasteiger partial charge in [-0.05, 0) is 56.4 Å². The van der Waals surface area contributed by atoms with Crippen molar-refractivity contribution < 1.29 is 0 Å². The van der Waals surface area contributed by atoms with Crippen LogP contribution < -0.4 is 5.73 Å². The Hall–Kier alpha value is -0.0800. The number of likely N-dealkylation sites (N-methyl/N-ethyl adjacent to an activating group) is 1. The van der Waals surface area contributed by atoms with Crippen molar-refractivity contribution in [3.8, 4) is 0 Å². The van der Waals surface area contributed by atoms with Gasteiger partial charge in [0.25, 0.3) is 0 Å². The van der Waals surface area contributed by atoms with Gasteiger partial charge in [-0.15, -0.1) is 0 Å². The SMILES string of the molecule is CC1CC(C)(C)CC(CN)(N(C)CC2CCCC2)C1. The second-order valence-corrected chi connectivity index (χ2v) is 8.31. The molecular weight excluding hydrogens is 232 g/mol. The summed E-state index contributed by atoms with van der Waals surface area (Å²) in [5, 5.41) is 0. The third-order valence-corrected chi connectivity index (χ3v) is 5.63. The van der Waals surface area contributed by atoms with Gasteiger partial charge in [0, 0.05) is 18.6 Å². The Kier molecular flexibility index (Phi) is 4.62. The van der Waals surface area contributed by atoms with Gasteiger partial charge in [-0.1, -0.05) is 33.6 Å². The van der Waals surface area contributed by atoms with E-state index >= 15 is 0 Å². The minimum Gasteiger partial charge on any atom is -0.329 e. The van der Waals surface area contributed by atoms with Crippen LogP contribution in [0.15, 0.2) is 0 Å². The predicted octanol–water partition coefficient (Wildman–Crippen LogP) is 3.65. The molecule has 2 saturated carbocycles. The van der Waals surface area contributed by atoms with E-state index in [4.69, 9.17) is 5.73 Å². The highest BCUT2D eigenvalue weighted by molar-refractivity contribution is 5.00. The Morgan fingerprint density at radius 1 is 1.16 bits per heavy atom. The molecule has 2 aliphatic carbocycles. The molecule has 19 heavy (non-hydrogen) atoms. The molecule has 0 aromatic heterocycles. The quantitative estimate of drug-likeness (QED) is 0.841. The highest BCUT2D eigenvalue weighted by atomic mass is 15.2. The van der Waals surface area contributed by atoms with Crippen molar-refractivity contribution in [2.75, 3.05) is 20.1 Å². The van der Waals surface area contributed by atoms with Crippen LogP contribution in [0.2, 0.25) is 0 Å². The van der Waals surface area contributed by atoms with Gasteiger partial charge in [-0.3, -0.25) is 4.90 Å². The van der Waals surface area contributed by atoms with E-state index in [1.807, 2.05) is 0 Å². The van der Waals surface area contributed by atoms with Gasteiger partial charge in [-0.2, -0.15) is 0 Å². The van der Waals surface area contributed by atoms with E-state index in [2.05, 4.69) is 32.7 Å². The number of nitrogens with two attached hydrogens (primary N) is 1. The van der Waals surface area contributed by atoms with Crippen LogP contribution in [0.25, 0.3) is 0 Å². The topological polar surface area (TPSA) is 29.3 Å². The normalized spacial score (nSPS) is 36.0. The lowest BCUT2D eigenvalue weighted by molar-refractivity contribution is -0.00385. The molecule has 0 saturated heterocycles. The Balaban J connectivity index is 2.06. The molecule has 112 valence electrons. The van der Waals surface area contributed by atoms with Crippen molar-refractivity contribution in [2.24, 2.45) is 23.0 Å². The van der Waals surface area contributed by atoms with Crippen molar-refractivity contribution in [3.63, 3.8) is 0 Å². The van der Waals surface area contributed by atoms with Gasteiger partial charge < -0.3 is 5.73 Å². The van der Waals surface area contributed by atoms with Crippen LogP contribution in [0.1, 0.15) is 65.7 Å². The fourth-order valence-corrected chi connectivity index (χ4v) is 5.08. The van der Waals surface area contributed by atoms with Gasteiger partial charge in [-0.25, -0.2) is 0 Å². The summed E-state index contributed by atoms with van der Waals surface area (Å²) in [5.74, 6) is 1.73. The monoisotopic (exact) mass is 266 g/mol. The molecule has 2 nitrogen and oxygen atoms in total. The van der Waals surface area contributed by atoms with Crippen molar-refractivity contribution in [3.05, 3.63) is 0 Å². The van der Waals surface area contributed by atoms with E-state index in [1.54, 1.807) is 0 Å². The molecule has 2 aliphatic rings. The predicted molar refractivity (Wildman–Crippen MR) is 83.2 cm³/mol. The van der Waals surface area contributed by atoms with E-state index in [-0.39, 0.29) is 5.54 Å². The summed E-state index contributed by atoms with van der Waals surface area (Å²) in [6, 6.07) is 0. The maximum Gasteiger partial charge on any atom is 0.0336 e. The zero-order valence-corrected chi connectivity index (χ0v) is 13.5. The molecule has 2 unspecified atom stereocenters. The van der Waals surface area contributed by atoms with Crippen molar-refractivity contribution in [2.45, 2.75) is 71.3 Å². The number of hydrogen-bond donors (Lipinski definition) is 1. The lowest BCUT2D eigenvalue weighted by atomic mass is 9.63. The van der Waals surface area contributed by atoms with Crippen LogP contribution in [0.3, 0.4) is 0 Å². The molecular formula is C17H34N2. The molecule has 2 rings (SSSR count). The minimum atomic E-state index is 0.254. The van der Waals surface area contributed by atoms with E-state index in [1.165, 1.54) is 51.5 Å². The van der Waals surface area contributed by atoms with Crippen molar-refractivity contribution >= 4 is 0 Å². The molecule has 0 spiro atoms. The maximum atomic E-state index is 6.26. The summed E-state index contributed by atoms with van der Waals surface area (Å²) in [6.45, 7) is 9.35. The molecule has 0 aromatic rings. The summed E-state index contributed by atoms with van der Waals surface area (Å²) in [4.78, 5) is 2.64. The molecule has 2 heteroatoms. The number of nitrogens with zero attached hydrogens (tertiary/aromatic N) is 1. The van der Waals surface area contributed by atoms with E-state index in [0.717, 1.165) is 18.4 Å². The standard InChI is InChI=1S/C17H34N2/c1-14-9-16(2,3)12-17(10-14,13-18)19(4)11-15-7-5-6-8-15/h14-15H,5-13,18H2,1-4H3. The van der Waals surface area contributed by atoms with Crippen molar-refractivity contribution in [1.82, 2.24) is 4.90 Å². The highest BCUT2D eigenvalue weighted by Gasteiger charge is 2.44. The maximum absolute atomic E-state index is 6.26. The molecule has 0 bridgehead atoms. The molecule has 2 atom stereocenters. The second kappa shape index (κ2) is 5.73. The molecule has 0 radical (unpaired) electrons. The first-order valence-corrected chi connectivity index (χ1v) is 8.28. The summed E-state index contributed by atoms with van der Waals surface area (Å²) >= 11 is 0. The lowest BCUT2D eigenvalue weighted by Crippen LogP contribution is -2.58. The number of hydrogen-bond acceptors (Lipinski definition) is 2. The molecule has 2 N–H and O–H groups in total. The van der Waals surface area contributed by atoms with Gasteiger partial charge in [0.2, 0.25) is 0 Å². The van der Waals surface area contributed by atoms with Crippen LogP contribution in [0.5, 0.6) is 0 Å². The molecule has 2 fully saturated rings. The smallest absolute Gasteiger partial charge is 0.0336 e. The van der Waals surface area contributed by atoms with Gasteiger partial charge in [0.1, 0.15) is 0 Å². The van der Waals surface area contributed by atoms with Crippen LogP contribution in [0, 0.1) is 17.3 Å². The van der Waals surface area contributed by atoms with Crippen LogP contribution in [0.4, 0.5) is 0 Å². The Labute approximate surface area is 120 Å². The largest absolute Gasteiger partial charge is 0.329 e. The molecule has 0 aromatic carbocycles. The van der Waals surface area contributed by atoms with E-state index < -0.39 is 0 Å². The summed E-state index contributed by atoms with van der Waals surface area (Å²) in [6.07, 6.45) is 9.66. The zero-order valence-electron chi connectivity index (χ0n) is 13.5. The third kappa shape index (κ3) is 3.52. The van der Waals surface area contributed by atoms with Gasteiger partial charge in [0.05, 0.1) is 0 Å². The third-order valence-electron chi connectivity index (χ3n) is 5.63. The van der Waals surface area contributed by atoms with Crippen LogP contribution in [-0.2, 0) is 0 Å². The van der Waals surface area contributed by atoms with Crippen molar-refractivity contribution in [1.29, 1.82) is 0 Å². The van der Waals surface area contributed by atoms with Gasteiger partial charge in [0.15, 0.2) is 0 Å². The first-order chi connectivity index (χ1) is 8.87. The first kappa shape index (κ1) is 15.3. The average molecular weight is 266 g/mol. The summed E-state index contributed by atoms with van der Waals surface area (Å²) < 4.78 is 0. The average Bonchev–Trinajstić information content (AvgIpc) is 2.78. The lowest BCUT2D eigenvalue weighted by Gasteiger charge is -2.52. The van der Waals surface area contributed by atoms with Crippen LogP contribution >= 0.6 is 0 Å². The first-order valence-electron chi connectivity index (χ1n) is 8.28. The fourth-order valence-electron chi connectivity index (χ4n) is 5.08. The van der Waals surface area contributed by atoms with Crippen LogP contribution in [-0.4, -0.2) is 30.6 Å². The molecule has 0 heterocycles. The van der Waals surface area contributed by atoms with E-state index in [0.29, 0.717) is 5.41 Å². The second-order valence-electron chi connectivity index (χ2n) is 8.31. The zero-order chi connectivity index (χ0) is 14.1. The Morgan fingerprint density at radius 2 is 1.79 bits per heavy atom. The molecule has 0 aliphatic heterocycles. The summed E-state index contributed by atoms with van der Waals surface area (Å²) in [7, 11) is 2.33. The Bertz CT molecular complexity index is 294. The minimum absolute atomic E-state index is 0.254. The molecule has 0 amide bonds. The summed E-state index contributed by atoms with van der Waals surface area (Å²) in [5.41, 5.74) is 6.95.